The summed E-state index contributed by atoms with van der Waals surface area (Å²) >= 11 is 0. The Bertz CT molecular complexity index is 1310. The van der Waals surface area contributed by atoms with Crippen LogP contribution in [0.2, 0.25) is 0 Å². The SMILES string of the molecule is CCCCC(NS(=O)(=O)c1ccc(C)cc1)C(=O)Oc1cc(C)cc2oc(=O)cc(CC)c12. The zero-order valence-electron chi connectivity index (χ0n) is 19.3. The molecule has 1 atom stereocenters. The molecule has 1 heterocycles. The number of unbranched alkanes of at least 4 members (excludes halogenated alkanes) is 1. The summed E-state index contributed by atoms with van der Waals surface area (Å²) in [5.74, 6) is -0.467. The number of aryl methyl sites for hydroxylation is 3. The molecule has 7 nitrogen and oxygen atoms in total. The van der Waals surface area contributed by atoms with Crippen LogP contribution < -0.4 is 15.1 Å². The Labute approximate surface area is 193 Å². The summed E-state index contributed by atoms with van der Waals surface area (Å²) in [6, 6.07) is 10.1. The topological polar surface area (TPSA) is 103 Å². The molecule has 0 spiro atoms. The predicted molar refractivity (Wildman–Crippen MR) is 127 cm³/mol. The van der Waals surface area contributed by atoms with Gasteiger partial charge in [0.2, 0.25) is 10.0 Å². The molecule has 0 bridgehead atoms. The molecule has 0 aliphatic heterocycles. The van der Waals surface area contributed by atoms with Crippen LogP contribution in [-0.4, -0.2) is 20.4 Å². The Morgan fingerprint density at radius 3 is 2.39 bits per heavy atom. The zero-order valence-corrected chi connectivity index (χ0v) is 20.1. The number of sulfonamides is 1. The van der Waals surface area contributed by atoms with Crippen molar-refractivity contribution < 1.29 is 22.4 Å². The third-order valence-electron chi connectivity index (χ3n) is 5.39. The van der Waals surface area contributed by atoms with Gasteiger partial charge in [0.05, 0.1) is 10.3 Å². The van der Waals surface area contributed by atoms with E-state index in [4.69, 9.17) is 9.15 Å². The van der Waals surface area contributed by atoms with E-state index in [1.54, 1.807) is 31.2 Å². The number of ether oxygens (including phenoxy) is 1. The highest BCUT2D eigenvalue weighted by molar-refractivity contribution is 7.89. The lowest BCUT2D eigenvalue weighted by atomic mass is 10.0. The molecule has 0 fully saturated rings. The summed E-state index contributed by atoms with van der Waals surface area (Å²) in [5.41, 5.74) is 2.21. The van der Waals surface area contributed by atoms with Crippen LogP contribution in [0.25, 0.3) is 11.0 Å². The molecular formula is C25H29NO6S. The average molecular weight is 472 g/mol. The maximum atomic E-state index is 13.2. The standard InChI is InChI=1S/C25H29NO6S/c1-5-7-8-20(26-33(29,30)19-11-9-16(3)10-12-19)25(28)32-22-14-17(4)13-21-24(22)18(6-2)15-23(27)31-21/h9-15,20,26H,5-8H2,1-4H3. The minimum absolute atomic E-state index is 0.0819. The second-order valence-electron chi connectivity index (χ2n) is 8.13. The Morgan fingerprint density at radius 2 is 1.76 bits per heavy atom. The number of carbonyl (C=O) groups is 1. The average Bonchev–Trinajstić information content (AvgIpc) is 2.75. The molecule has 0 saturated carbocycles. The Kier molecular flexibility index (Phi) is 7.71. The van der Waals surface area contributed by atoms with Crippen LogP contribution in [0.1, 0.15) is 49.8 Å². The second kappa shape index (κ2) is 10.3. The zero-order chi connectivity index (χ0) is 24.2. The monoisotopic (exact) mass is 471 g/mol. The third kappa shape index (κ3) is 5.89. The summed E-state index contributed by atoms with van der Waals surface area (Å²) in [6.45, 7) is 7.51. The summed E-state index contributed by atoms with van der Waals surface area (Å²) in [7, 11) is -3.92. The molecule has 2 aromatic carbocycles. The molecule has 8 heteroatoms. The number of hydrogen-bond acceptors (Lipinski definition) is 6. The van der Waals surface area contributed by atoms with Crippen LogP contribution in [0.3, 0.4) is 0 Å². The summed E-state index contributed by atoms with van der Waals surface area (Å²) in [4.78, 5) is 25.1. The van der Waals surface area contributed by atoms with E-state index >= 15 is 0 Å². The molecule has 1 N–H and O–H groups in total. The van der Waals surface area contributed by atoms with Gasteiger partial charge < -0.3 is 9.15 Å². The molecule has 0 amide bonds. The highest BCUT2D eigenvalue weighted by Crippen LogP contribution is 2.30. The first-order valence-corrected chi connectivity index (χ1v) is 12.5. The van der Waals surface area contributed by atoms with Crippen molar-refractivity contribution in [2.24, 2.45) is 0 Å². The largest absolute Gasteiger partial charge is 0.425 e. The molecule has 1 aromatic heterocycles. The Hall–Kier alpha value is -2.97. The fraction of sp³-hybridized carbons (Fsp3) is 0.360. The molecule has 0 aliphatic carbocycles. The van der Waals surface area contributed by atoms with Crippen LogP contribution >= 0.6 is 0 Å². The lowest BCUT2D eigenvalue weighted by molar-refractivity contribution is -0.136. The van der Waals surface area contributed by atoms with Gasteiger partial charge >= 0.3 is 11.6 Å². The number of hydrogen-bond donors (Lipinski definition) is 1. The minimum Gasteiger partial charge on any atom is -0.425 e. The van der Waals surface area contributed by atoms with E-state index in [0.29, 0.717) is 35.8 Å². The van der Waals surface area contributed by atoms with Gasteiger partial charge in [-0.15, -0.1) is 0 Å². The number of fused-ring (bicyclic) bond motifs is 1. The van der Waals surface area contributed by atoms with Crippen molar-refractivity contribution in [1.29, 1.82) is 0 Å². The van der Waals surface area contributed by atoms with Crippen LogP contribution in [0.15, 0.2) is 56.6 Å². The van der Waals surface area contributed by atoms with E-state index in [1.165, 1.54) is 18.2 Å². The van der Waals surface area contributed by atoms with E-state index in [0.717, 1.165) is 17.5 Å². The van der Waals surface area contributed by atoms with E-state index in [2.05, 4.69) is 4.72 Å². The van der Waals surface area contributed by atoms with Crippen LogP contribution in [-0.2, 0) is 21.2 Å². The van der Waals surface area contributed by atoms with Gasteiger partial charge in [0.25, 0.3) is 0 Å². The first kappa shape index (κ1) is 24.7. The highest BCUT2D eigenvalue weighted by Gasteiger charge is 2.28. The maximum absolute atomic E-state index is 13.2. The third-order valence-corrected chi connectivity index (χ3v) is 6.87. The highest BCUT2D eigenvalue weighted by atomic mass is 32.2. The van der Waals surface area contributed by atoms with Gasteiger partial charge in [-0.25, -0.2) is 18.0 Å². The lowest BCUT2D eigenvalue weighted by Crippen LogP contribution is -2.43. The van der Waals surface area contributed by atoms with Crippen LogP contribution in [0.4, 0.5) is 0 Å². The van der Waals surface area contributed by atoms with E-state index in [-0.39, 0.29) is 10.6 Å². The number of benzene rings is 2. The van der Waals surface area contributed by atoms with Crippen molar-refractivity contribution in [2.75, 3.05) is 0 Å². The van der Waals surface area contributed by atoms with Gasteiger partial charge in [0, 0.05) is 6.07 Å². The van der Waals surface area contributed by atoms with Crippen molar-refractivity contribution in [3.63, 3.8) is 0 Å². The van der Waals surface area contributed by atoms with Gasteiger partial charge in [-0.1, -0.05) is 44.4 Å². The van der Waals surface area contributed by atoms with Gasteiger partial charge in [-0.05, 0) is 62.1 Å². The van der Waals surface area contributed by atoms with Gasteiger partial charge in [0.1, 0.15) is 17.4 Å². The summed E-state index contributed by atoms with van der Waals surface area (Å²) in [6.07, 6.45) is 2.25. The fourth-order valence-electron chi connectivity index (χ4n) is 3.61. The molecular weight excluding hydrogens is 442 g/mol. The molecule has 3 aromatic rings. The van der Waals surface area contributed by atoms with Crippen molar-refractivity contribution in [1.82, 2.24) is 4.72 Å². The molecule has 0 radical (unpaired) electrons. The van der Waals surface area contributed by atoms with Crippen molar-refractivity contribution in [2.45, 2.75) is 64.3 Å². The number of esters is 1. The van der Waals surface area contributed by atoms with Crippen LogP contribution in [0.5, 0.6) is 5.75 Å². The normalized spacial score (nSPS) is 12.6. The predicted octanol–water partition coefficient (Wildman–Crippen LogP) is 4.41. The molecule has 176 valence electrons. The maximum Gasteiger partial charge on any atom is 0.336 e. The second-order valence-corrected chi connectivity index (χ2v) is 9.84. The van der Waals surface area contributed by atoms with E-state index < -0.39 is 27.7 Å². The number of rotatable bonds is 9. The Morgan fingerprint density at radius 1 is 1.06 bits per heavy atom. The van der Waals surface area contributed by atoms with Gasteiger partial charge in [-0.3, -0.25) is 0 Å². The van der Waals surface area contributed by atoms with Crippen LogP contribution in [0, 0.1) is 13.8 Å². The Balaban J connectivity index is 1.96. The van der Waals surface area contributed by atoms with E-state index in [1.807, 2.05) is 20.8 Å². The molecule has 0 aliphatic rings. The van der Waals surface area contributed by atoms with Gasteiger partial charge in [0.15, 0.2) is 0 Å². The first-order valence-electron chi connectivity index (χ1n) is 11.0. The minimum atomic E-state index is -3.92. The lowest BCUT2D eigenvalue weighted by Gasteiger charge is -2.19. The van der Waals surface area contributed by atoms with Crippen molar-refractivity contribution >= 4 is 27.0 Å². The van der Waals surface area contributed by atoms with Crippen molar-refractivity contribution in [3.05, 3.63) is 69.6 Å². The molecule has 0 saturated heterocycles. The number of nitrogens with one attached hydrogen (secondary N) is 1. The summed E-state index contributed by atoms with van der Waals surface area (Å²) in [5, 5.41) is 0.534. The first-order chi connectivity index (χ1) is 15.6. The van der Waals surface area contributed by atoms with E-state index in [9.17, 15) is 18.0 Å². The summed E-state index contributed by atoms with van der Waals surface area (Å²) < 4.78 is 39.4. The molecule has 3 rings (SSSR count). The fourth-order valence-corrected chi connectivity index (χ4v) is 4.83. The quantitative estimate of drug-likeness (QED) is 0.282. The van der Waals surface area contributed by atoms with Crippen molar-refractivity contribution in [3.8, 4) is 5.75 Å². The molecule has 33 heavy (non-hydrogen) atoms. The number of carbonyl (C=O) groups excluding carboxylic acids is 1. The van der Waals surface area contributed by atoms with Gasteiger partial charge in [-0.2, -0.15) is 4.72 Å². The molecule has 1 unspecified atom stereocenters. The smallest absolute Gasteiger partial charge is 0.336 e.